The van der Waals surface area contributed by atoms with Crippen LogP contribution in [0.2, 0.25) is 5.02 Å². The van der Waals surface area contributed by atoms with Gasteiger partial charge in [0.2, 0.25) is 0 Å². The molecule has 34 heavy (non-hydrogen) atoms. The van der Waals surface area contributed by atoms with Crippen LogP contribution in [0.25, 0.3) is 0 Å². The SMILES string of the molecule is COc1cc(C(=O)NNC(=O)c2cccc(NC(=O)c3ccccc3Cl)c2)ccc1OC(C)=O. The van der Waals surface area contributed by atoms with E-state index < -0.39 is 23.7 Å². The van der Waals surface area contributed by atoms with Crippen molar-refractivity contribution < 1.29 is 28.7 Å². The summed E-state index contributed by atoms with van der Waals surface area (Å²) in [6.07, 6.45) is 0. The molecule has 0 saturated heterocycles. The van der Waals surface area contributed by atoms with Crippen LogP contribution in [0.1, 0.15) is 38.0 Å². The quantitative estimate of drug-likeness (QED) is 0.281. The van der Waals surface area contributed by atoms with Crippen molar-refractivity contribution in [3.63, 3.8) is 0 Å². The number of methoxy groups -OCH3 is 1. The van der Waals surface area contributed by atoms with Gasteiger partial charge in [0.15, 0.2) is 11.5 Å². The van der Waals surface area contributed by atoms with Crippen molar-refractivity contribution in [2.24, 2.45) is 0 Å². The molecular formula is C24H20ClN3O6. The van der Waals surface area contributed by atoms with Crippen molar-refractivity contribution in [1.29, 1.82) is 0 Å². The monoisotopic (exact) mass is 481 g/mol. The molecule has 0 unspecified atom stereocenters. The van der Waals surface area contributed by atoms with Gasteiger partial charge < -0.3 is 14.8 Å². The Balaban J connectivity index is 1.64. The summed E-state index contributed by atoms with van der Waals surface area (Å²) in [6, 6.07) is 16.9. The topological polar surface area (TPSA) is 123 Å². The Bertz CT molecular complexity index is 1260. The van der Waals surface area contributed by atoms with Crippen molar-refractivity contribution in [2.45, 2.75) is 6.92 Å². The predicted octanol–water partition coefficient (Wildman–Crippen LogP) is 3.60. The second-order valence-corrected chi connectivity index (χ2v) is 7.29. The molecule has 0 saturated carbocycles. The fourth-order valence-electron chi connectivity index (χ4n) is 2.89. The van der Waals surface area contributed by atoms with Gasteiger partial charge in [0.25, 0.3) is 17.7 Å². The zero-order valence-corrected chi connectivity index (χ0v) is 18.9. The van der Waals surface area contributed by atoms with Gasteiger partial charge in [-0.25, -0.2) is 0 Å². The van der Waals surface area contributed by atoms with E-state index in [2.05, 4.69) is 16.2 Å². The molecule has 10 heteroatoms. The minimum absolute atomic E-state index is 0.159. The normalized spacial score (nSPS) is 10.1. The van der Waals surface area contributed by atoms with E-state index in [9.17, 15) is 19.2 Å². The van der Waals surface area contributed by atoms with Crippen molar-refractivity contribution in [3.05, 3.63) is 88.4 Å². The molecular weight excluding hydrogens is 462 g/mol. The minimum Gasteiger partial charge on any atom is -0.493 e. The number of hydrogen-bond donors (Lipinski definition) is 3. The Labute approximate surface area is 200 Å². The molecule has 3 N–H and O–H groups in total. The van der Waals surface area contributed by atoms with Crippen LogP contribution < -0.4 is 25.6 Å². The van der Waals surface area contributed by atoms with Gasteiger partial charge in [0.1, 0.15) is 0 Å². The summed E-state index contributed by atoms with van der Waals surface area (Å²) in [5.74, 6) is -1.85. The Morgan fingerprint density at radius 1 is 0.765 bits per heavy atom. The first-order valence-electron chi connectivity index (χ1n) is 9.91. The second kappa shape index (κ2) is 11.0. The highest BCUT2D eigenvalue weighted by Crippen LogP contribution is 2.28. The smallest absolute Gasteiger partial charge is 0.308 e. The van der Waals surface area contributed by atoms with E-state index in [1.165, 1.54) is 44.4 Å². The molecule has 3 aromatic carbocycles. The maximum atomic E-state index is 12.5. The first-order chi connectivity index (χ1) is 16.3. The lowest BCUT2D eigenvalue weighted by Gasteiger charge is -2.12. The van der Waals surface area contributed by atoms with Crippen LogP contribution in [-0.4, -0.2) is 30.8 Å². The lowest BCUT2D eigenvalue weighted by atomic mass is 10.1. The van der Waals surface area contributed by atoms with Gasteiger partial charge in [-0.2, -0.15) is 0 Å². The number of carbonyl (C=O) groups is 4. The van der Waals surface area contributed by atoms with Crippen LogP contribution in [0.3, 0.4) is 0 Å². The second-order valence-electron chi connectivity index (χ2n) is 6.88. The molecule has 0 spiro atoms. The van der Waals surface area contributed by atoms with Crippen molar-refractivity contribution in [3.8, 4) is 11.5 Å². The number of halogens is 1. The fraction of sp³-hybridized carbons (Fsp3) is 0.0833. The van der Waals surface area contributed by atoms with E-state index in [1.54, 1.807) is 36.4 Å². The van der Waals surface area contributed by atoms with Crippen LogP contribution in [0, 0.1) is 0 Å². The number of hydrogen-bond acceptors (Lipinski definition) is 6. The number of ether oxygens (including phenoxy) is 2. The maximum absolute atomic E-state index is 12.5. The predicted molar refractivity (Wildman–Crippen MR) is 125 cm³/mol. The number of carbonyl (C=O) groups excluding carboxylic acids is 4. The molecule has 3 aromatic rings. The summed E-state index contributed by atoms with van der Waals surface area (Å²) in [5.41, 5.74) is 5.62. The van der Waals surface area contributed by atoms with Crippen LogP contribution >= 0.6 is 11.6 Å². The van der Waals surface area contributed by atoms with E-state index in [4.69, 9.17) is 21.1 Å². The summed E-state index contributed by atoms with van der Waals surface area (Å²) >= 11 is 6.04. The van der Waals surface area contributed by atoms with Gasteiger partial charge in [-0.3, -0.25) is 30.0 Å². The number of benzene rings is 3. The molecule has 0 aromatic heterocycles. The summed E-state index contributed by atoms with van der Waals surface area (Å²) in [6.45, 7) is 1.24. The highest BCUT2D eigenvalue weighted by Gasteiger charge is 2.15. The summed E-state index contributed by atoms with van der Waals surface area (Å²) in [4.78, 5) is 48.5. The van der Waals surface area contributed by atoms with Crippen molar-refractivity contribution in [1.82, 2.24) is 10.9 Å². The third-order valence-corrected chi connectivity index (χ3v) is 4.80. The van der Waals surface area contributed by atoms with Crippen LogP contribution in [0.4, 0.5) is 5.69 Å². The summed E-state index contributed by atoms with van der Waals surface area (Å²) < 4.78 is 10.1. The molecule has 0 aliphatic heterocycles. The minimum atomic E-state index is -0.621. The van der Waals surface area contributed by atoms with Crippen molar-refractivity contribution in [2.75, 3.05) is 12.4 Å². The number of rotatable bonds is 6. The summed E-state index contributed by atoms with van der Waals surface area (Å²) in [7, 11) is 1.36. The van der Waals surface area contributed by atoms with Gasteiger partial charge in [-0.05, 0) is 48.5 Å². The zero-order chi connectivity index (χ0) is 24.7. The van der Waals surface area contributed by atoms with Crippen LogP contribution in [0.5, 0.6) is 11.5 Å². The largest absolute Gasteiger partial charge is 0.493 e. The highest BCUT2D eigenvalue weighted by molar-refractivity contribution is 6.34. The van der Waals surface area contributed by atoms with Gasteiger partial charge in [0, 0.05) is 23.7 Å². The number of hydrazine groups is 1. The third kappa shape index (κ3) is 6.11. The molecule has 0 aliphatic carbocycles. The van der Waals surface area contributed by atoms with E-state index in [0.717, 1.165) is 0 Å². The zero-order valence-electron chi connectivity index (χ0n) is 18.2. The Morgan fingerprint density at radius 3 is 2.09 bits per heavy atom. The number of nitrogens with one attached hydrogen (secondary N) is 3. The highest BCUT2D eigenvalue weighted by atomic mass is 35.5. The van der Waals surface area contributed by atoms with Crippen LogP contribution in [0.15, 0.2) is 66.7 Å². The molecule has 174 valence electrons. The van der Waals surface area contributed by atoms with Gasteiger partial charge >= 0.3 is 5.97 Å². The molecule has 9 nitrogen and oxygen atoms in total. The molecule has 0 fully saturated rings. The average molecular weight is 482 g/mol. The molecule has 0 atom stereocenters. The molecule has 0 bridgehead atoms. The van der Waals surface area contributed by atoms with E-state index >= 15 is 0 Å². The lowest BCUT2D eigenvalue weighted by molar-refractivity contribution is -0.132. The molecule has 0 heterocycles. The van der Waals surface area contributed by atoms with E-state index in [-0.39, 0.29) is 22.6 Å². The molecule has 3 rings (SSSR count). The summed E-state index contributed by atoms with van der Waals surface area (Å²) in [5, 5.41) is 2.98. The Hall–Kier alpha value is -4.37. The number of anilines is 1. The third-order valence-electron chi connectivity index (χ3n) is 4.47. The Morgan fingerprint density at radius 2 is 1.44 bits per heavy atom. The molecule has 0 aliphatic rings. The van der Waals surface area contributed by atoms with Crippen molar-refractivity contribution >= 4 is 41.0 Å². The molecule has 3 amide bonds. The average Bonchev–Trinajstić information content (AvgIpc) is 2.82. The van der Waals surface area contributed by atoms with Crippen LogP contribution in [-0.2, 0) is 4.79 Å². The Kier molecular flexibility index (Phi) is 7.83. The first kappa shape index (κ1) is 24.3. The first-order valence-corrected chi connectivity index (χ1v) is 10.3. The van der Waals surface area contributed by atoms with Gasteiger partial charge in [0.05, 0.1) is 17.7 Å². The maximum Gasteiger partial charge on any atom is 0.308 e. The van der Waals surface area contributed by atoms with E-state index in [0.29, 0.717) is 16.3 Å². The van der Waals surface area contributed by atoms with Gasteiger partial charge in [-0.15, -0.1) is 0 Å². The molecule has 0 radical (unpaired) electrons. The number of esters is 1. The standard InChI is InChI=1S/C24H20ClN3O6/c1-14(29)34-20-11-10-16(13-21(20)33-2)23(31)28-27-22(30)15-6-5-7-17(12-15)26-24(32)18-8-3-4-9-19(18)25/h3-13H,1-2H3,(H,26,32)(H,27,30)(H,28,31). The van der Waals surface area contributed by atoms with Gasteiger partial charge in [-0.1, -0.05) is 29.8 Å². The lowest BCUT2D eigenvalue weighted by Crippen LogP contribution is -2.41. The van der Waals surface area contributed by atoms with E-state index in [1.807, 2.05) is 0 Å². The number of amides is 3. The fourth-order valence-corrected chi connectivity index (χ4v) is 3.11.